The monoisotopic (exact) mass is 363 g/mol. The molecule has 1 aromatic heterocycles. The van der Waals surface area contributed by atoms with Crippen LogP contribution in [0.3, 0.4) is 0 Å². The van der Waals surface area contributed by atoms with Gasteiger partial charge in [-0.1, -0.05) is 30.3 Å². The second-order valence-electron chi connectivity index (χ2n) is 6.84. The quantitative estimate of drug-likeness (QED) is 0.646. The zero-order valence-electron chi connectivity index (χ0n) is 15.4. The smallest absolute Gasteiger partial charge is 0.137 e. The largest absolute Gasteiger partial charge is 0.457 e. The van der Waals surface area contributed by atoms with E-state index in [1.165, 1.54) is 5.56 Å². The van der Waals surface area contributed by atoms with Crippen molar-refractivity contribution in [2.24, 2.45) is 0 Å². The molecule has 0 aliphatic carbocycles. The van der Waals surface area contributed by atoms with Crippen LogP contribution >= 0.6 is 0 Å². The minimum absolute atomic E-state index is 0.871. The third-order valence-electron chi connectivity index (χ3n) is 4.86. The number of rotatable bonds is 7. The molecule has 0 saturated carbocycles. The van der Waals surface area contributed by atoms with Crippen LogP contribution < -0.4 is 4.74 Å². The highest BCUT2D eigenvalue weighted by atomic mass is 16.5. The SMILES string of the molecule is c1ccc(Oc2cccc(CN3CCN(CCn4cncn4)CC3)c2)cc1. The summed E-state index contributed by atoms with van der Waals surface area (Å²) in [6.07, 6.45) is 3.37. The number of piperazine rings is 1. The summed E-state index contributed by atoms with van der Waals surface area (Å²) in [4.78, 5) is 8.99. The highest BCUT2D eigenvalue weighted by molar-refractivity contribution is 5.33. The predicted octanol–water partition coefficient (Wildman–Crippen LogP) is 2.89. The second kappa shape index (κ2) is 8.79. The van der Waals surface area contributed by atoms with Gasteiger partial charge in [-0.15, -0.1) is 0 Å². The van der Waals surface area contributed by atoms with Gasteiger partial charge in [0.2, 0.25) is 0 Å². The molecule has 140 valence electrons. The molecular weight excluding hydrogens is 338 g/mol. The van der Waals surface area contributed by atoms with E-state index in [0.29, 0.717) is 0 Å². The third-order valence-corrected chi connectivity index (χ3v) is 4.86. The minimum Gasteiger partial charge on any atom is -0.457 e. The molecule has 0 atom stereocenters. The summed E-state index contributed by atoms with van der Waals surface area (Å²) in [5.41, 5.74) is 1.29. The number of hydrogen-bond acceptors (Lipinski definition) is 5. The summed E-state index contributed by atoms with van der Waals surface area (Å²) in [6.45, 7) is 7.24. The van der Waals surface area contributed by atoms with Gasteiger partial charge >= 0.3 is 0 Å². The number of ether oxygens (including phenoxy) is 1. The Morgan fingerprint density at radius 3 is 2.37 bits per heavy atom. The van der Waals surface area contributed by atoms with Crippen molar-refractivity contribution in [3.8, 4) is 11.5 Å². The molecule has 0 unspecified atom stereocenters. The van der Waals surface area contributed by atoms with Crippen LogP contribution in [-0.2, 0) is 13.1 Å². The van der Waals surface area contributed by atoms with E-state index in [0.717, 1.165) is 57.3 Å². The molecule has 27 heavy (non-hydrogen) atoms. The number of nitrogens with zero attached hydrogens (tertiary/aromatic N) is 5. The first kappa shape index (κ1) is 17.7. The molecule has 0 N–H and O–H groups in total. The Labute approximate surface area is 160 Å². The molecule has 0 amide bonds. The van der Waals surface area contributed by atoms with Gasteiger partial charge in [-0.2, -0.15) is 5.10 Å². The normalized spacial score (nSPS) is 15.7. The maximum Gasteiger partial charge on any atom is 0.137 e. The van der Waals surface area contributed by atoms with E-state index in [-0.39, 0.29) is 0 Å². The molecule has 3 aromatic rings. The average molecular weight is 363 g/mol. The number of benzene rings is 2. The topological polar surface area (TPSA) is 46.4 Å². The summed E-state index contributed by atoms with van der Waals surface area (Å²) < 4.78 is 7.85. The Balaban J connectivity index is 1.26. The maximum absolute atomic E-state index is 5.95. The fourth-order valence-corrected chi connectivity index (χ4v) is 3.35. The number of hydrogen-bond donors (Lipinski definition) is 0. The van der Waals surface area contributed by atoms with E-state index in [1.807, 2.05) is 41.1 Å². The van der Waals surface area contributed by atoms with Crippen LogP contribution in [0, 0.1) is 0 Å². The van der Waals surface area contributed by atoms with Gasteiger partial charge < -0.3 is 4.74 Å². The third kappa shape index (κ3) is 5.15. The van der Waals surface area contributed by atoms with Crippen molar-refractivity contribution in [1.82, 2.24) is 24.6 Å². The van der Waals surface area contributed by atoms with E-state index >= 15 is 0 Å². The minimum atomic E-state index is 0.871. The molecule has 0 spiro atoms. The number of aromatic nitrogens is 3. The summed E-state index contributed by atoms with van der Waals surface area (Å²) >= 11 is 0. The van der Waals surface area contributed by atoms with E-state index in [4.69, 9.17) is 4.74 Å². The lowest BCUT2D eigenvalue weighted by Gasteiger charge is -2.34. The maximum atomic E-state index is 5.95. The fourth-order valence-electron chi connectivity index (χ4n) is 3.35. The van der Waals surface area contributed by atoms with Crippen molar-refractivity contribution < 1.29 is 4.74 Å². The lowest BCUT2D eigenvalue weighted by atomic mass is 10.2. The van der Waals surface area contributed by atoms with Crippen LogP contribution in [-0.4, -0.2) is 57.3 Å². The number of para-hydroxylation sites is 1. The van der Waals surface area contributed by atoms with Crippen LogP contribution in [0.5, 0.6) is 11.5 Å². The van der Waals surface area contributed by atoms with Crippen LogP contribution in [0.4, 0.5) is 0 Å². The van der Waals surface area contributed by atoms with Crippen molar-refractivity contribution in [3.05, 3.63) is 72.8 Å². The molecule has 6 nitrogen and oxygen atoms in total. The van der Waals surface area contributed by atoms with Gasteiger partial charge in [0.25, 0.3) is 0 Å². The Kier molecular flexibility index (Phi) is 5.76. The Bertz CT molecular complexity index is 814. The molecule has 0 radical (unpaired) electrons. The summed E-state index contributed by atoms with van der Waals surface area (Å²) in [7, 11) is 0. The Morgan fingerprint density at radius 1 is 0.815 bits per heavy atom. The van der Waals surface area contributed by atoms with Gasteiger partial charge in [0, 0.05) is 39.3 Å². The van der Waals surface area contributed by atoms with Crippen molar-refractivity contribution in [3.63, 3.8) is 0 Å². The van der Waals surface area contributed by atoms with E-state index in [9.17, 15) is 0 Å². The lowest BCUT2D eigenvalue weighted by molar-refractivity contribution is 0.123. The summed E-state index contributed by atoms with van der Waals surface area (Å²) in [5, 5.41) is 4.17. The first-order valence-electron chi connectivity index (χ1n) is 9.44. The molecule has 1 fully saturated rings. The first-order valence-corrected chi connectivity index (χ1v) is 9.44. The molecule has 2 aromatic carbocycles. The van der Waals surface area contributed by atoms with E-state index in [2.05, 4.69) is 38.1 Å². The van der Waals surface area contributed by atoms with Gasteiger partial charge in [0.05, 0.1) is 6.54 Å². The lowest BCUT2D eigenvalue weighted by Crippen LogP contribution is -2.46. The fraction of sp³-hybridized carbons (Fsp3) is 0.333. The standard InChI is InChI=1S/C21H25N5O/c1-2-6-20(7-3-1)27-21-8-4-5-19(15-21)16-25-11-9-24(10-12-25)13-14-26-18-22-17-23-26/h1-8,15,17-18H,9-14,16H2. The molecule has 0 bridgehead atoms. The van der Waals surface area contributed by atoms with Crippen LogP contribution in [0.25, 0.3) is 0 Å². The summed E-state index contributed by atoms with van der Waals surface area (Å²) in [5.74, 6) is 1.76. The van der Waals surface area contributed by atoms with Crippen molar-refractivity contribution >= 4 is 0 Å². The second-order valence-corrected chi connectivity index (χ2v) is 6.84. The molecule has 2 heterocycles. The van der Waals surface area contributed by atoms with Crippen molar-refractivity contribution in [2.75, 3.05) is 32.7 Å². The van der Waals surface area contributed by atoms with Gasteiger partial charge in [-0.25, -0.2) is 4.98 Å². The van der Waals surface area contributed by atoms with Gasteiger partial charge in [-0.3, -0.25) is 14.5 Å². The van der Waals surface area contributed by atoms with E-state index in [1.54, 1.807) is 12.7 Å². The molecule has 4 rings (SSSR count). The Hall–Kier alpha value is -2.70. The van der Waals surface area contributed by atoms with Crippen LogP contribution in [0.1, 0.15) is 5.56 Å². The average Bonchev–Trinajstić information content (AvgIpc) is 3.22. The molecule has 1 aliphatic heterocycles. The van der Waals surface area contributed by atoms with Gasteiger partial charge in [0.1, 0.15) is 24.2 Å². The summed E-state index contributed by atoms with van der Waals surface area (Å²) in [6, 6.07) is 18.3. The predicted molar refractivity (Wildman–Crippen MR) is 105 cm³/mol. The highest BCUT2D eigenvalue weighted by Crippen LogP contribution is 2.22. The molecular formula is C21H25N5O. The zero-order valence-corrected chi connectivity index (χ0v) is 15.4. The van der Waals surface area contributed by atoms with E-state index < -0.39 is 0 Å². The zero-order chi connectivity index (χ0) is 18.3. The molecule has 6 heteroatoms. The van der Waals surface area contributed by atoms with Gasteiger partial charge in [0.15, 0.2) is 0 Å². The van der Waals surface area contributed by atoms with Crippen LogP contribution in [0.15, 0.2) is 67.3 Å². The van der Waals surface area contributed by atoms with Crippen molar-refractivity contribution in [2.45, 2.75) is 13.1 Å². The van der Waals surface area contributed by atoms with Crippen molar-refractivity contribution in [1.29, 1.82) is 0 Å². The first-order chi connectivity index (χ1) is 13.3. The molecule has 1 aliphatic rings. The van der Waals surface area contributed by atoms with Gasteiger partial charge in [-0.05, 0) is 29.8 Å². The highest BCUT2D eigenvalue weighted by Gasteiger charge is 2.17. The van der Waals surface area contributed by atoms with Crippen LogP contribution in [0.2, 0.25) is 0 Å². The Morgan fingerprint density at radius 2 is 1.59 bits per heavy atom. The molecule has 1 saturated heterocycles.